The Morgan fingerprint density at radius 2 is 2.00 bits per heavy atom. The van der Waals surface area contributed by atoms with E-state index in [2.05, 4.69) is 30.1 Å². The van der Waals surface area contributed by atoms with Crippen LogP contribution in [0.25, 0.3) is 0 Å². The summed E-state index contributed by atoms with van der Waals surface area (Å²) in [5.74, 6) is 0. The molecule has 0 aliphatic carbocycles. The molecule has 13 heavy (non-hydrogen) atoms. The number of nitriles is 1. The molecule has 0 heterocycles. The molecule has 0 radical (unpaired) electrons. The van der Waals surface area contributed by atoms with Gasteiger partial charge in [-0.05, 0) is 39.5 Å². The molecule has 0 saturated heterocycles. The highest BCUT2D eigenvalue weighted by atomic mass is 15.1. The van der Waals surface area contributed by atoms with Gasteiger partial charge in [0.15, 0.2) is 0 Å². The van der Waals surface area contributed by atoms with Crippen molar-refractivity contribution >= 4 is 0 Å². The van der Waals surface area contributed by atoms with Crippen LogP contribution in [0.2, 0.25) is 0 Å². The molecule has 0 aliphatic rings. The lowest BCUT2D eigenvalue weighted by Gasteiger charge is -2.17. The summed E-state index contributed by atoms with van der Waals surface area (Å²) in [4.78, 5) is 2.39. The van der Waals surface area contributed by atoms with Crippen molar-refractivity contribution in [1.82, 2.24) is 10.2 Å². The van der Waals surface area contributed by atoms with Crippen LogP contribution in [0.1, 0.15) is 27.2 Å². The molecule has 1 atom stereocenters. The molecule has 0 fully saturated rings. The van der Waals surface area contributed by atoms with Gasteiger partial charge in [-0.15, -0.1) is 0 Å². The topological polar surface area (TPSA) is 39.1 Å². The van der Waals surface area contributed by atoms with Crippen molar-refractivity contribution in [3.8, 4) is 6.07 Å². The Balaban J connectivity index is 3.30. The highest BCUT2D eigenvalue weighted by Gasteiger charge is 1.99. The van der Waals surface area contributed by atoms with Crippen molar-refractivity contribution < 1.29 is 0 Å². The van der Waals surface area contributed by atoms with E-state index in [0.29, 0.717) is 0 Å². The predicted molar refractivity (Wildman–Crippen MR) is 55.5 cm³/mol. The molecule has 0 saturated carbocycles. The molecule has 0 bridgehead atoms. The van der Waals surface area contributed by atoms with E-state index in [1.54, 1.807) is 0 Å². The lowest BCUT2D eigenvalue weighted by atomic mass is 10.3. The molecule has 1 N–H and O–H groups in total. The molecule has 0 spiro atoms. The SMILES string of the molecule is CCN(CC)CCCNC(C)C#N. The molecule has 0 aromatic carbocycles. The van der Waals surface area contributed by atoms with Crippen LogP contribution >= 0.6 is 0 Å². The monoisotopic (exact) mass is 183 g/mol. The third kappa shape index (κ3) is 6.56. The van der Waals surface area contributed by atoms with Crippen LogP contribution in [0.4, 0.5) is 0 Å². The van der Waals surface area contributed by atoms with Gasteiger partial charge >= 0.3 is 0 Å². The maximum Gasteiger partial charge on any atom is 0.0924 e. The Bertz CT molecular complexity index is 147. The first-order chi connectivity index (χ1) is 6.24. The fourth-order valence-corrected chi connectivity index (χ4v) is 1.21. The fourth-order valence-electron chi connectivity index (χ4n) is 1.21. The minimum atomic E-state index is -0.0169. The van der Waals surface area contributed by atoms with Crippen molar-refractivity contribution in [3.63, 3.8) is 0 Å². The van der Waals surface area contributed by atoms with Gasteiger partial charge in [0.25, 0.3) is 0 Å². The third-order valence-electron chi connectivity index (χ3n) is 2.19. The maximum absolute atomic E-state index is 8.51. The minimum Gasteiger partial charge on any atom is -0.304 e. The van der Waals surface area contributed by atoms with E-state index in [4.69, 9.17) is 5.26 Å². The van der Waals surface area contributed by atoms with Crippen LogP contribution in [0.5, 0.6) is 0 Å². The summed E-state index contributed by atoms with van der Waals surface area (Å²) in [7, 11) is 0. The summed E-state index contributed by atoms with van der Waals surface area (Å²) in [6.45, 7) is 10.5. The Morgan fingerprint density at radius 1 is 1.38 bits per heavy atom. The summed E-state index contributed by atoms with van der Waals surface area (Å²) < 4.78 is 0. The molecule has 0 aliphatic heterocycles. The first kappa shape index (κ1) is 12.4. The van der Waals surface area contributed by atoms with Gasteiger partial charge in [-0.2, -0.15) is 5.26 Å². The van der Waals surface area contributed by atoms with Crippen LogP contribution in [0.3, 0.4) is 0 Å². The first-order valence-corrected chi connectivity index (χ1v) is 5.09. The molecule has 0 amide bonds. The van der Waals surface area contributed by atoms with E-state index in [1.165, 1.54) is 0 Å². The van der Waals surface area contributed by atoms with Crippen LogP contribution in [0, 0.1) is 11.3 Å². The predicted octanol–water partition coefficient (Wildman–Crippen LogP) is 1.22. The standard InChI is InChI=1S/C10H21N3/c1-4-13(5-2)8-6-7-12-10(3)9-11/h10,12H,4-8H2,1-3H3. The van der Waals surface area contributed by atoms with Crippen molar-refractivity contribution in [2.75, 3.05) is 26.2 Å². The summed E-state index contributed by atoms with van der Waals surface area (Å²) >= 11 is 0. The number of nitrogens with one attached hydrogen (secondary N) is 1. The van der Waals surface area contributed by atoms with Gasteiger partial charge in [-0.25, -0.2) is 0 Å². The molecule has 76 valence electrons. The fraction of sp³-hybridized carbons (Fsp3) is 0.900. The average molecular weight is 183 g/mol. The normalized spacial score (nSPS) is 12.8. The number of hydrogen-bond acceptors (Lipinski definition) is 3. The zero-order valence-corrected chi connectivity index (χ0v) is 9.01. The molecule has 0 aromatic heterocycles. The summed E-state index contributed by atoms with van der Waals surface area (Å²) in [6.07, 6.45) is 1.12. The van der Waals surface area contributed by atoms with Crippen LogP contribution in [0.15, 0.2) is 0 Å². The second kappa shape index (κ2) is 8.03. The van der Waals surface area contributed by atoms with Gasteiger partial charge in [0.2, 0.25) is 0 Å². The second-order valence-electron chi connectivity index (χ2n) is 3.19. The summed E-state index contributed by atoms with van der Waals surface area (Å²) in [6, 6.07) is 2.14. The van der Waals surface area contributed by atoms with E-state index >= 15 is 0 Å². The van der Waals surface area contributed by atoms with E-state index in [0.717, 1.165) is 32.6 Å². The number of nitrogens with zero attached hydrogens (tertiary/aromatic N) is 2. The lowest BCUT2D eigenvalue weighted by molar-refractivity contribution is 0.297. The first-order valence-electron chi connectivity index (χ1n) is 5.09. The smallest absolute Gasteiger partial charge is 0.0924 e. The van der Waals surface area contributed by atoms with Gasteiger partial charge in [0, 0.05) is 0 Å². The van der Waals surface area contributed by atoms with Crippen molar-refractivity contribution in [1.29, 1.82) is 5.26 Å². The van der Waals surface area contributed by atoms with E-state index in [1.807, 2.05) is 6.92 Å². The van der Waals surface area contributed by atoms with Gasteiger partial charge in [-0.3, -0.25) is 0 Å². The maximum atomic E-state index is 8.51. The quantitative estimate of drug-likeness (QED) is 0.603. The molecule has 3 heteroatoms. The van der Waals surface area contributed by atoms with Gasteiger partial charge < -0.3 is 10.2 Å². The number of hydrogen-bond donors (Lipinski definition) is 1. The second-order valence-corrected chi connectivity index (χ2v) is 3.19. The highest BCUT2D eigenvalue weighted by molar-refractivity contribution is 4.84. The van der Waals surface area contributed by atoms with Crippen LogP contribution < -0.4 is 5.32 Å². The Hall–Kier alpha value is -0.590. The molecule has 3 nitrogen and oxygen atoms in total. The molecular weight excluding hydrogens is 162 g/mol. The Kier molecular flexibility index (Phi) is 7.66. The number of rotatable bonds is 7. The lowest BCUT2D eigenvalue weighted by Crippen LogP contribution is -2.30. The Labute approximate surface area is 81.7 Å². The minimum absolute atomic E-state index is 0.0169. The van der Waals surface area contributed by atoms with Gasteiger partial charge in [0.05, 0.1) is 12.1 Å². The molecule has 1 unspecified atom stereocenters. The van der Waals surface area contributed by atoms with E-state index in [9.17, 15) is 0 Å². The highest BCUT2D eigenvalue weighted by Crippen LogP contribution is 1.89. The van der Waals surface area contributed by atoms with E-state index < -0.39 is 0 Å². The van der Waals surface area contributed by atoms with Crippen LogP contribution in [-0.4, -0.2) is 37.1 Å². The van der Waals surface area contributed by atoms with Gasteiger partial charge in [0.1, 0.15) is 0 Å². The zero-order chi connectivity index (χ0) is 10.1. The van der Waals surface area contributed by atoms with Crippen molar-refractivity contribution in [2.45, 2.75) is 33.2 Å². The molecule has 0 aromatic rings. The molecular formula is C10H21N3. The third-order valence-corrected chi connectivity index (χ3v) is 2.19. The largest absolute Gasteiger partial charge is 0.304 e. The zero-order valence-electron chi connectivity index (χ0n) is 9.01. The van der Waals surface area contributed by atoms with Crippen molar-refractivity contribution in [2.24, 2.45) is 0 Å². The Morgan fingerprint density at radius 3 is 2.46 bits per heavy atom. The van der Waals surface area contributed by atoms with Crippen molar-refractivity contribution in [3.05, 3.63) is 0 Å². The summed E-state index contributed by atoms with van der Waals surface area (Å²) in [5.41, 5.74) is 0. The summed E-state index contributed by atoms with van der Waals surface area (Å²) in [5, 5.41) is 11.7. The van der Waals surface area contributed by atoms with E-state index in [-0.39, 0.29) is 6.04 Å². The van der Waals surface area contributed by atoms with Crippen LogP contribution in [-0.2, 0) is 0 Å². The van der Waals surface area contributed by atoms with Gasteiger partial charge in [-0.1, -0.05) is 13.8 Å². The molecule has 0 rings (SSSR count). The average Bonchev–Trinajstić information content (AvgIpc) is 2.18.